The molecule has 0 radical (unpaired) electrons. The van der Waals surface area contributed by atoms with Crippen LogP contribution in [0.15, 0.2) is 66.9 Å². The van der Waals surface area contributed by atoms with Gasteiger partial charge in [0.05, 0.1) is 21.2 Å². The highest BCUT2D eigenvalue weighted by Gasteiger charge is 2.48. The van der Waals surface area contributed by atoms with Gasteiger partial charge in [0.2, 0.25) is 0 Å². The molecule has 30 heteroatoms. The number of hydrogen-bond acceptors (Lipinski definition) is 9. The second-order valence-corrected chi connectivity index (χ2v) is 55.7. The summed E-state index contributed by atoms with van der Waals surface area (Å²) in [5, 5.41) is 0. The van der Waals surface area contributed by atoms with Crippen LogP contribution in [-0.2, 0) is 30.4 Å². The van der Waals surface area contributed by atoms with Crippen LogP contribution in [0.25, 0.3) is 0 Å². The molecule has 0 bridgehead atoms. The van der Waals surface area contributed by atoms with E-state index < -0.39 is 92.7 Å². The highest BCUT2D eigenvalue weighted by molar-refractivity contribution is 7.87. The van der Waals surface area contributed by atoms with Crippen LogP contribution in [0.5, 0.6) is 0 Å². The van der Waals surface area contributed by atoms with Crippen LogP contribution in [-0.4, -0.2) is 167 Å². The minimum Gasteiger partial charge on any atom is -0.741 e. The zero-order valence-corrected chi connectivity index (χ0v) is 57.6. The molecule has 6 aliphatic rings. The third kappa shape index (κ3) is 20.0. The summed E-state index contributed by atoms with van der Waals surface area (Å²) in [5.74, 6) is 0. The maximum atomic E-state index is 10.7. The predicted octanol–water partition coefficient (Wildman–Crippen LogP) is 14.4. The number of nitrogens with zero attached hydrogens (tertiary/aromatic N) is 3. The third-order valence-corrected chi connectivity index (χ3v) is 44.1. The van der Waals surface area contributed by atoms with Gasteiger partial charge >= 0.3 is 41.2 Å². The lowest BCUT2D eigenvalue weighted by atomic mass is 10.2. The summed E-state index contributed by atoms with van der Waals surface area (Å²) in [6, 6.07) is 0. The Bertz CT molecular complexity index is 2690. The zero-order valence-electron chi connectivity index (χ0n) is 49.5. The van der Waals surface area contributed by atoms with Crippen molar-refractivity contribution >= 4 is 76.2 Å². The molecule has 12 nitrogen and oxygen atoms in total. The molecule has 0 fully saturated rings. The van der Waals surface area contributed by atoms with Gasteiger partial charge in [-0.05, 0) is 159 Å². The van der Waals surface area contributed by atoms with Crippen LogP contribution < -0.4 is 0 Å². The van der Waals surface area contributed by atoms with Crippen LogP contribution in [0.3, 0.4) is 0 Å². The molecule has 78 heavy (non-hydrogen) atoms. The molecule has 6 aliphatic heterocycles. The van der Waals surface area contributed by atoms with Crippen LogP contribution in [0.4, 0.5) is 39.5 Å². The van der Waals surface area contributed by atoms with Gasteiger partial charge in [-0.1, -0.05) is 50.2 Å². The van der Waals surface area contributed by atoms with Crippen molar-refractivity contribution in [3.63, 3.8) is 0 Å². The molecule has 3 spiro atoms. The molecule has 0 amide bonds. The van der Waals surface area contributed by atoms with E-state index in [9.17, 15) is 39.5 Å². The Hall–Kier alpha value is -1.12. The number of rotatable bonds is 3. The molecule has 0 atom stereocenters. The molecule has 0 saturated carbocycles. The maximum absolute atomic E-state index is 10.7. The van der Waals surface area contributed by atoms with E-state index in [2.05, 4.69) is 154 Å². The van der Waals surface area contributed by atoms with Gasteiger partial charge in [0.15, 0.2) is 30.4 Å². The highest BCUT2D eigenvalue weighted by Crippen LogP contribution is 2.62. The minimum atomic E-state index is -6.09. The summed E-state index contributed by atoms with van der Waals surface area (Å²) in [6.45, 7) is 55.0. The van der Waals surface area contributed by atoms with Gasteiger partial charge in [0.1, 0.15) is 19.6 Å². The van der Waals surface area contributed by atoms with Crippen molar-refractivity contribution in [2.45, 2.75) is 159 Å². The summed E-state index contributed by atoms with van der Waals surface area (Å²) in [6.07, 6.45) is 12.7. The normalized spacial score (nSPS) is 21.3. The van der Waals surface area contributed by atoms with E-state index in [1.165, 1.54) is 75.1 Å². The lowest BCUT2D eigenvalue weighted by Crippen LogP contribution is -2.41. The number of halogens is 9. The average Bonchev–Trinajstić information content (AvgIpc) is 3.76. The molecule has 456 valence electrons. The Morgan fingerprint density at radius 2 is 0.410 bits per heavy atom. The molecule has 0 saturated heterocycles. The first kappa shape index (κ1) is 74.9. The summed E-state index contributed by atoms with van der Waals surface area (Å²) in [5.41, 5.74) is 3.24. The quantitative estimate of drug-likeness (QED) is 0.0663. The van der Waals surface area contributed by atoms with Gasteiger partial charge in [-0.15, -0.1) is 0 Å². The number of alkyl halides is 9. The minimum absolute atomic E-state index is 0.915. The van der Waals surface area contributed by atoms with Crippen molar-refractivity contribution in [1.82, 2.24) is 0 Å². The predicted molar refractivity (Wildman–Crippen MR) is 307 cm³/mol. The Balaban J connectivity index is 0.000000487. The van der Waals surface area contributed by atoms with Gasteiger partial charge in [-0.25, -0.2) is 25.3 Å². The first-order chi connectivity index (χ1) is 34.2. The van der Waals surface area contributed by atoms with Crippen molar-refractivity contribution < 1.29 is 90.4 Å². The van der Waals surface area contributed by atoms with Gasteiger partial charge in [0, 0.05) is 55.5 Å². The summed E-state index contributed by atoms with van der Waals surface area (Å²) in [4.78, 5) is 0. The fourth-order valence-electron chi connectivity index (χ4n) is 10.6. The van der Waals surface area contributed by atoms with Gasteiger partial charge in [0.25, 0.3) is 0 Å². The van der Waals surface area contributed by atoms with Crippen molar-refractivity contribution in [3.8, 4) is 0 Å². The van der Waals surface area contributed by atoms with Crippen molar-refractivity contribution in [2.24, 2.45) is 0 Å². The smallest absolute Gasteiger partial charge is 0.485 e. The van der Waals surface area contributed by atoms with E-state index in [0.717, 1.165) is 0 Å². The van der Waals surface area contributed by atoms with Crippen molar-refractivity contribution in [1.29, 1.82) is 0 Å². The largest absolute Gasteiger partial charge is 0.741 e. The Morgan fingerprint density at radius 1 is 0.308 bits per heavy atom. The molecular weight excluding hydrogens is 1210 g/mol. The van der Waals surface area contributed by atoms with Gasteiger partial charge in [-0.2, -0.15) is 39.5 Å². The Morgan fingerprint density at radius 3 is 0.500 bits per heavy atom. The SMILES string of the molecule is CC1=C(C)CP2(=[N+]([Si](C)(C)C)C1)CC(C)=C(C)C2.CC1=C(C)CP2(=[N+]([Si](C)(C)C)C1)CC(C)=C(C)C2.CC1=C(C)CP2(=[N+]([Si](C)(C)C)C1)CC(C)=C(C)C2.O=S(=O)([O-])C(F)(F)F.O=S(=O)([O-])C(F)(F)F.O=S(=O)([O-])C(F)(F)F. The first-order valence-electron chi connectivity index (χ1n) is 25.1. The topological polar surface area (TPSA) is 181 Å². The molecule has 0 aromatic rings. The maximum Gasteiger partial charge on any atom is 0.485 e. The van der Waals surface area contributed by atoms with E-state index in [1.54, 1.807) is 66.9 Å². The number of allylic oxidation sites excluding steroid dienone is 9. The zero-order chi connectivity index (χ0) is 62.1. The molecular formula is C48H87F9N3O9P3S3Si3. The van der Waals surface area contributed by atoms with E-state index in [-0.39, 0.29) is 0 Å². The summed E-state index contributed by atoms with van der Waals surface area (Å²) < 4.78 is 186. The third-order valence-electron chi connectivity index (χ3n) is 15.0. The monoisotopic (exact) mass is 1290 g/mol. The summed E-state index contributed by atoms with van der Waals surface area (Å²) >= 11 is 0. The Kier molecular flexibility index (Phi) is 25.0. The standard InChI is InChI=1S/3C15H29NPSi.3CHF3O3S/c3*1-12-8-16(18(5,6)7)17(9-13(12)2)10-14(3)15(4)11-17;3*2-1(3,4)8(5,6)7/h3*8-11H2,1-7H3;3*(H,5,6,7)/q3*+1;;;/p-3. The Labute approximate surface area is 464 Å². The molecule has 0 N–H and O–H groups in total. The lowest BCUT2D eigenvalue weighted by molar-refractivity contribution is -0.369. The second-order valence-electron chi connectivity index (χ2n) is 25.0. The fourth-order valence-corrected chi connectivity index (χ4v) is 44.4. The fraction of sp³-hybridized carbons (Fsp3) is 0.750. The van der Waals surface area contributed by atoms with Crippen LogP contribution in [0, 0.1) is 0 Å². The van der Waals surface area contributed by atoms with E-state index >= 15 is 0 Å². The molecule has 6 rings (SSSR count). The first-order valence-corrected chi connectivity index (χ1v) is 46.6. The molecule has 0 aromatic heterocycles. The lowest BCUT2D eigenvalue weighted by Gasteiger charge is -2.33. The van der Waals surface area contributed by atoms with E-state index in [1.807, 2.05) is 0 Å². The highest BCUT2D eigenvalue weighted by atomic mass is 32.2. The molecule has 0 unspecified atom stereocenters. The van der Waals surface area contributed by atoms with Crippen molar-refractivity contribution in [3.05, 3.63) is 66.9 Å². The average molecular weight is 1290 g/mol. The van der Waals surface area contributed by atoms with Gasteiger partial charge in [-0.3, -0.25) is 0 Å². The summed E-state index contributed by atoms with van der Waals surface area (Å²) in [7, 11) is -24.6. The molecule has 0 aromatic carbocycles. The van der Waals surface area contributed by atoms with E-state index in [4.69, 9.17) is 38.9 Å². The van der Waals surface area contributed by atoms with Crippen molar-refractivity contribution in [2.75, 3.05) is 75.1 Å². The van der Waals surface area contributed by atoms with Gasteiger partial charge < -0.3 is 25.6 Å². The molecule has 0 aliphatic carbocycles. The van der Waals surface area contributed by atoms with E-state index in [0.29, 0.717) is 0 Å². The number of hydrogen-bond donors (Lipinski definition) is 0. The molecule has 6 heterocycles. The van der Waals surface area contributed by atoms with Crippen LogP contribution >= 0.6 is 21.2 Å². The second kappa shape index (κ2) is 26.0. The van der Waals surface area contributed by atoms with Crippen LogP contribution in [0.2, 0.25) is 58.9 Å². The van der Waals surface area contributed by atoms with Crippen LogP contribution in [0.1, 0.15) is 83.1 Å².